The van der Waals surface area contributed by atoms with Crippen LogP contribution in [0.15, 0.2) is 29.1 Å². The number of rotatable bonds is 1. The van der Waals surface area contributed by atoms with Gasteiger partial charge in [-0.2, -0.15) is 0 Å². The van der Waals surface area contributed by atoms with Gasteiger partial charge in [-0.1, -0.05) is 12.1 Å². The van der Waals surface area contributed by atoms with Gasteiger partial charge in [-0.3, -0.25) is 13.8 Å². The predicted molar refractivity (Wildman–Crippen MR) is 65.3 cm³/mol. The highest BCUT2D eigenvalue weighted by Crippen LogP contribution is 2.14. The number of nitrogens with zero attached hydrogens (tertiary/aromatic N) is 4. The number of aryl methyl sites for hydroxylation is 1. The number of alkyl halides is 1. The van der Waals surface area contributed by atoms with Gasteiger partial charge in [0.05, 0.1) is 16.8 Å². The minimum absolute atomic E-state index is 0.0818. The van der Waals surface area contributed by atoms with Gasteiger partial charge in [0.2, 0.25) is 5.78 Å². The molecule has 1 aromatic carbocycles. The number of para-hydroxylation sites is 1. The van der Waals surface area contributed by atoms with Crippen molar-refractivity contribution in [3.63, 3.8) is 0 Å². The summed E-state index contributed by atoms with van der Waals surface area (Å²) in [6.07, 6.45) is 0. The first-order chi connectivity index (χ1) is 8.24. The van der Waals surface area contributed by atoms with E-state index >= 15 is 0 Å². The largest absolute Gasteiger partial charge is 0.279 e. The molecule has 0 spiro atoms. The van der Waals surface area contributed by atoms with Gasteiger partial charge in [0, 0.05) is 7.05 Å². The Kier molecular flexibility index (Phi) is 2.16. The number of halogens is 1. The van der Waals surface area contributed by atoms with Gasteiger partial charge < -0.3 is 0 Å². The Morgan fingerprint density at radius 3 is 2.82 bits per heavy atom. The molecule has 86 valence electrons. The third-order valence-corrected chi connectivity index (χ3v) is 3.05. The molecule has 0 aliphatic heterocycles. The van der Waals surface area contributed by atoms with E-state index in [1.165, 1.54) is 4.57 Å². The molecule has 0 atom stereocenters. The Hall–Kier alpha value is -1.88. The Morgan fingerprint density at radius 1 is 1.29 bits per heavy atom. The summed E-state index contributed by atoms with van der Waals surface area (Å²) in [4.78, 5) is 12.1. The van der Waals surface area contributed by atoms with Crippen LogP contribution in [0.1, 0.15) is 5.82 Å². The SMILES string of the molecule is Cn1c(=O)c2ccccc2n2c(CCl)nnc12. The lowest BCUT2D eigenvalue weighted by Gasteiger charge is -2.06. The van der Waals surface area contributed by atoms with Crippen LogP contribution in [0.3, 0.4) is 0 Å². The van der Waals surface area contributed by atoms with Crippen LogP contribution in [0, 0.1) is 0 Å². The van der Waals surface area contributed by atoms with Crippen LogP contribution < -0.4 is 5.56 Å². The molecular weight excluding hydrogens is 240 g/mol. The molecular formula is C11H9ClN4O. The van der Waals surface area contributed by atoms with Crippen LogP contribution in [-0.2, 0) is 12.9 Å². The van der Waals surface area contributed by atoms with Crippen LogP contribution in [0.5, 0.6) is 0 Å². The number of benzene rings is 1. The third-order valence-electron chi connectivity index (χ3n) is 2.81. The molecule has 0 fully saturated rings. The molecule has 0 aliphatic carbocycles. The zero-order chi connectivity index (χ0) is 12.0. The zero-order valence-corrected chi connectivity index (χ0v) is 9.85. The highest BCUT2D eigenvalue weighted by Gasteiger charge is 2.13. The second kappa shape index (κ2) is 3.56. The maximum absolute atomic E-state index is 12.1. The zero-order valence-electron chi connectivity index (χ0n) is 9.09. The third kappa shape index (κ3) is 1.29. The van der Waals surface area contributed by atoms with Crippen molar-refractivity contribution in [2.75, 3.05) is 0 Å². The van der Waals surface area contributed by atoms with Gasteiger partial charge in [-0.05, 0) is 12.1 Å². The molecule has 0 saturated heterocycles. The van der Waals surface area contributed by atoms with Gasteiger partial charge in [-0.25, -0.2) is 0 Å². The summed E-state index contributed by atoms with van der Waals surface area (Å²) in [6.45, 7) is 0. The second-order valence-corrected chi connectivity index (χ2v) is 4.03. The molecule has 2 aromatic heterocycles. The summed E-state index contributed by atoms with van der Waals surface area (Å²) in [7, 11) is 1.68. The predicted octanol–water partition coefficient (Wildman–Crippen LogP) is 1.32. The van der Waals surface area contributed by atoms with E-state index in [4.69, 9.17) is 11.6 Å². The highest BCUT2D eigenvalue weighted by molar-refractivity contribution is 6.16. The smallest absolute Gasteiger partial charge is 0.262 e. The van der Waals surface area contributed by atoms with Crippen molar-refractivity contribution >= 4 is 28.3 Å². The molecule has 5 nitrogen and oxygen atoms in total. The molecule has 0 saturated carbocycles. The van der Waals surface area contributed by atoms with Crippen molar-refractivity contribution in [3.8, 4) is 0 Å². The summed E-state index contributed by atoms with van der Waals surface area (Å²) >= 11 is 5.83. The van der Waals surface area contributed by atoms with E-state index < -0.39 is 0 Å². The lowest BCUT2D eigenvalue weighted by atomic mass is 10.2. The first kappa shape index (κ1) is 10.3. The molecule has 0 radical (unpaired) electrons. The van der Waals surface area contributed by atoms with Gasteiger partial charge in [0.25, 0.3) is 5.56 Å². The van der Waals surface area contributed by atoms with Gasteiger partial charge >= 0.3 is 0 Å². The number of hydrogen-bond acceptors (Lipinski definition) is 3. The lowest BCUT2D eigenvalue weighted by molar-refractivity contribution is 0.857. The minimum atomic E-state index is -0.0818. The molecule has 0 bridgehead atoms. The van der Waals surface area contributed by atoms with Crippen LogP contribution in [-0.4, -0.2) is 19.2 Å². The number of hydrogen-bond donors (Lipinski definition) is 0. The van der Waals surface area contributed by atoms with E-state index in [1.54, 1.807) is 13.1 Å². The monoisotopic (exact) mass is 248 g/mol. The Bertz CT molecular complexity index is 774. The van der Waals surface area contributed by atoms with Crippen molar-refractivity contribution in [3.05, 3.63) is 40.4 Å². The molecule has 0 unspecified atom stereocenters. The highest BCUT2D eigenvalue weighted by atomic mass is 35.5. The van der Waals surface area contributed by atoms with Crippen LogP contribution in [0.2, 0.25) is 0 Å². The lowest BCUT2D eigenvalue weighted by Crippen LogP contribution is -2.20. The van der Waals surface area contributed by atoms with Crippen LogP contribution in [0.4, 0.5) is 0 Å². The normalized spacial score (nSPS) is 11.4. The standard InChI is InChI=1S/C11H9ClN4O/c1-15-10(17)7-4-2-3-5-8(7)16-9(6-12)13-14-11(15)16/h2-5H,6H2,1H3. The van der Waals surface area contributed by atoms with E-state index in [9.17, 15) is 4.79 Å². The average Bonchev–Trinajstić information content (AvgIpc) is 2.80. The number of fused-ring (bicyclic) bond motifs is 3. The first-order valence-electron chi connectivity index (χ1n) is 5.11. The second-order valence-electron chi connectivity index (χ2n) is 3.77. The molecule has 0 N–H and O–H groups in total. The van der Waals surface area contributed by atoms with E-state index in [2.05, 4.69) is 10.2 Å². The van der Waals surface area contributed by atoms with Gasteiger partial charge in [0.15, 0.2) is 5.82 Å². The van der Waals surface area contributed by atoms with E-state index in [0.717, 1.165) is 5.52 Å². The first-order valence-corrected chi connectivity index (χ1v) is 5.65. The van der Waals surface area contributed by atoms with Crippen molar-refractivity contribution in [2.24, 2.45) is 7.05 Å². The number of aromatic nitrogens is 4. The van der Waals surface area contributed by atoms with E-state index in [0.29, 0.717) is 17.0 Å². The minimum Gasteiger partial charge on any atom is -0.279 e. The summed E-state index contributed by atoms with van der Waals surface area (Å²) in [5.41, 5.74) is 0.702. The fourth-order valence-corrected chi connectivity index (χ4v) is 2.15. The Morgan fingerprint density at radius 2 is 2.06 bits per heavy atom. The Labute approximate surface area is 101 Å². The summed E-state index contributed by atoms with van der Waals surface area (Å²) < 4.78 is 3.29. The average molecular weight is 249 g/mol. The summed E-state index contributed by atoms with van der Waals surface area (Å²) in [5.74, 6) is 1.39. The fourth-order valence-electron chi connectivity index (χ4n) is 1.98. The topological polar surface area (TPSA) is 52.2 Å². The van der Waals surface area contributed by atoms with Crippen LogP contribution >= 0.6 is 11.6 Å². The summed E-state index contributed by atoms with van der Waals surface area (Å²) in [5, 5.41) is 8.61. The maximum Gasteiger partial charge on any atom is 0.262 e. The molecule has 2 heterocycles. The van der Waals surface area contributed by atoms with E-state index in [1.807, 2.05) is 22.6 Å². The molecule has 6 heteroatoms. The van der Waals surface area contributed by atoms with Crippen LogP contribution in [0.25, 0.3) is 16.7 Å². The molecule has 0 amide bonds. The summed E-state index contributed by atoms with van der Waals surface area (Å²) in [6, 6.07) is 7.36. The van der Waals surface area contributed by atoms with Crippen molar-refractivity contribution in [1.82, 2.24) is 19.2 Å². The van der Waals surface area contributed by atoms with Crippen molar-refractivity contribution in [2.45, 2.75) is 5.88 Å². The molecule has 0 aliphatic rings. The van der Waals surface area contributed by atoms with Crippen molar-refractivity contribution < 1.29 is 0 Å². The fraction of sp³-hybridized carbons (Fsp3) is 0.182. The quantitative estimate of drug-likeness (QED) is 0.611. The Balaban J connectivity index is 2.69. The van der Waals surface area contributed by atoms with Gasteiger partial charge in [0.1, 0.15) is 0 Å². The molecule has 17 heavy (non-hydrogen) atoms. The molecule has 3 aromatic rings. The maximum atomic E-state index is 12.1. The van der Waals surface area contributed by atoms with Crippen molar-refractivity contribution in [1.29, 1.82) is 0 Å². The van der Waals surface area contributed by atoms with Gasteiger partial charge in [-0.15, -0.1) is 21.8 Å². The van der Waals surface area contributed by atoms with E-state index in [-0.39, 0.29) is 11.4 Å². The molecule has 3 rings (SSSR count).